The van der Waals surface area contributed by atoms with E-state index < -0.39 is 17.7 Å². The monoisotopic (exact) mass is 457 g/mol. The first kappa shape index (κ1) is 22.7. The molecule has 0 saturated carbocycles. The number of rotatable bonds is 7. The van der Waals surface area contributed by atoms with Gasteiger partial charge in [-0.15, -0.1) is 0 Å². The third kappa shape index (κ3) is 5.87. The molecule has 1 aliphatic rings. The first-order valence-electron chi connectivity index (χ1n) is 10.5. The Hall–Kier alpha value is -3.46. The summed E-state index contributed by atoms with van der Waals surface area (Å²) in [4.78, 5) is 22.0. The van der Waals surface area contributed by atoms with Crippen molar-refractivity contribution < 1.29 is 27.8 Å². The van der Waals surface area contributed by atoms with Gasteiger partial charge < -0.3 is 9.84 Å². The summed E-state index contributed by atoms with van der Waals surface area (Å²) in [6.07, 6.45) is -1.71. The number of fused-ring (bicyclic) bond motifs is 1. The number of aromatic nitrogens is 2. The Morgan fingerprint density at radius 1 is 1.09 bits per heavy atom. The van der Waals surface area contributed by atoms with Crippen molar-refractivity contribution in [3.05, 3.63) is 77.1 Å². The number of halogens is 3. The van der Waals surface area contributed by atoms with Gasteiger partial charge in [0, 0.05) is 43.4 Å². The fourth-order valence-corrected chi connectivity index (χ4v) is 3.62. The highest BCUT2D eigenvalue weighted by Gasteiger charge is 2.29. The molecule has 0 fully saturated rings. The highest BCUT2D eigenvalue weighted by atomic mass is 19.4. The Kier molecular flexibility index (Phi) is 6.60. The minimum Gasteiger partial charge on any atom is -0.489 e. The molecule has 0 bridgehead atoms. The summed E-state index contributed by atoms with van der Waals surface area (Å²) in [6, 6.07) is 12.1. The van der Waals surface area contributed by atoms with Crippen molar-refractivity contribution in [2.24, 2.45) is 0 Å². The van der Waals surface area contributed by atoms with E-state index in [0.29, 0.717) is 30.2 Å². The predicted molar refractivity (Wildman–Crippen MR) is 114 cm³/mol. The van der Waals surface area contributed by atoms with Crippen LogP contribution >= 0.6 is 0 Å². The van der Waals surface area contributed by atoms with Gasteiger partial charge in [-0.25, -0.2) is 9.97 Å². The van der Waals surface area contributed by atoms with Crippen LogP contribution in [0.15, 0.2) is 54.7 Å². The molecule has 3 aromatic rings. The van der Waals surface area contributed by atoms with Crippen LogP contribution in [0.3, 0.4) is 0 Å². The third-order valence-electron chi connectivity index (χ3n) is 5.45. The van der Waals surface area contributed by atoms with Crippen LogP contribution in [0.5, 0.6) is 5.75 Å². The van der Waals surface area contributed by atoms with Crippen molar-refractivity contribution in [1.29, 1.82) is 0 Å². The molecule has 6 nitrogen and oxygen atoms in total. The maximum atomic E-state index is 12.7. The van der Waals surface area contributed by atoms with Gasteiger partial charge in [0.1, 0.15) is 12.4 Å². The second-order valence-corrected chi connectivity index (χ2v) is 7.84. The highest BCUT2D eigenvalue weighted by molar-refractivity contribution is 5.66. The van der Waals surface area contributed by atoms with Gasteiger partial charge in [-0.05, 0) is 42.0 Å². The zero-order valence-corrected chi connectivity index (χ0v) is 17.7. The summed E-state index contributed by atoms with van der Waals surface area (Å²) in [5, 5.41) is 8.85. The van der Waals surface area contributed by atoms with E-state index in [1.54, 1.807) is 18.3 Å². The van der Waals surface area contributed by atoms with Crippen LogP contribution in [0.4, 0.5) is 13.2 Å². The van der Waals surface area contributed by atoms with Crippen molar-refractivity contribution >= 4 is 5.97 Å². The van der Waals surface area contributed by atoms with E-state index >= 15 is 0 Å². The molecule has 2 heterocycles. The predicted octanol–water partition coefficient (Wildman–Crippen LogP) is 4.57. The van der Waals surface area contributed by atoms with Gasteiger partial charge in [-0.3, -0.25) is 9.69 Å². The lowest BCUT2D eigenvalue weighted by Gasteiger charge is -2.27. The van der Waals surface area contributed by atoms with Gasteiger partial charge >= 0.3 is 12.1 Å². The zero-order valence-electron chi connectivity index (χ0n) is 17.7. The molecule has 4 rings (SSSR count). The van der Waals surface area contributed by atoms with E-state index in [9.17, 15) is 18.0 Å². The summed E-state index contributed by atoms with van der Waals surface area (Å²) in [7, 11) is 0. The van der Waals surface area contributed by atoms with E-state index in [4.69, 9.17) is 9.84 Å². The van der Waals surface area contributed by atoms with Gasteiger partial charge in [0.05, 0.1) is 17.7 Å². The fourth-order valence-electron chi connectivity index (χ4n) is 3.62. The number of carboxylic acid groups (broad SMARTS) is 1. The molecule has 0 unspecified atom stereocenters. The van der Waals surface area contributed by atoms with Crippen molar-refractivity contribution in [2.45, 2.75) is 32.2 Å². The summed E-state index contributed by atoms with van der Waals surface area (Å²) in [5.41, 5.74) is 2.75. The lowest BCUT2D eigenvalue weighted by molar-refractivity contribution is -0.138. The smallest absolute Gasteiger partial charge is 0.416 e. The number of carboxylic acids is 1. The molecule has 0 spiro atoms. The summed E-state index contributed by atoms with van der Waals surface area (Å²) < 4.78 is 43.6. The minimum absolute atomic E-state index is 0.113. The number of carbonyl (C=O) groups is 1. The fraction of sp³-hybridized carbons (Fsp3) is 0.292. The van der Waals surface area contributed by atoms with Crippen LogP contribution in [0.1, 0.15) is 28.8 Å². The van der Waals surface area contributed by atoms with Crippen molar-refractivity contribution in [3.8, 4) is 17.1 Å². The second-order valence-electron chi connectivity index (χ2n) is 7.84. The molecular weight excluding hydrogens is 435 g/mol. The van der Waals surface area contributed by atoms with Gasteiger partial charge in [0.15, 0.2) is 5.82 Å². The molecule has 1 aromatic heterocycles. The molecular formula is C24H22F3N3O3. The quantitative estimate of drug-likeness (QED) is 0.560. The number of hydrogen-bond donors (Lipinski definition) is 1. The minimum atomic E-state index is -4.35. The first-order valence-corrected chi connectivity index (χ1v) is 10.5. The molecule has 0 amide bonds. The van der Waals surface area contributed by atoms with Gasteiger partial charge in [-0.2, -0.15) is 13.2 Å². The van der Waals surface area contributed by atoms with E-state index in [2.05, 4.69) is 14.9 Å². The van der Waals surface area contributed by atoms with Gasteiger partial charge in [0.25, 0.3) is 0 Å². The second kappa shape index (κ2) is 9.58. The third-order valence-corrected chi connectivity index (χ3v) is 5.45. The number of hydrogen-bond acceptors (Lipinski definition) is 5. The Bertz CT molecular complexity index is 1120. The first-order chi connectivity index (χ1) is 15.8. The highest BCUT2D eigenvalue weighted by Crippen LogP contribution is 2.29. The van der Waals surface area contributed by atoms with Gasteiger partial charge in [0.2, 0.25) is 0 Å². The van der Waals surface area contributed by atoms with E-state index in [-0.39, 0.29) is 13.0 Å². The Morgan fingerprint density at radius 3 is 2.48 bits per heavy atom. The molecule has 2 aromatic carbocycles. The molecule has 0 saturated heterocycles. The van der Waals surface area contributed by atoms with Crippen LogP contribution < -0.4 is 4.74 Å². The number of alkyl halides is 3. The standard InChI is InChI=1S/C24H22F3N3O3/c25-24(26,27)19-5-1-16(2-6-19)15-33-20-7-3-17(4-8-20)23-28-13-18-14-30(12-10-22(31)32)11-9-21(18)29-23/h1-8,13H,9-12,14-15H2,(H,31,32). The van der Waals surface area contributed by atoms with E-state index in [1.165, 1.54) is 12.1 Å². The van der Waals surface area contributed by atoms with Crippen LogP contribution in [0.25, 0.3) is 11.4 Å². The molecule has 33 heavy (non-hydrogen) atoms. The number of nitrogens with zero attached hydrogens (tertiary/aromatic N) is 3. The summed E-state index contributed by atoms with van der Waals surface area (Å²) in [6.45, 7) is 2.06. The van der Waals surface area contributed by atoms with Crippen LogP contribution in [0, 0.1) is 0 Å². The molecule has 1 N–H and O–H groups in total. The summed E-state index contributed by atoms with van der Waals surface area (Å²) >= 11 is 0. The Labute approximate surface area is 188 Å². The number of aliphatic carboxylic acids is 1. The van der Waals surface area contributed by atoms with Crippen LogP contribution in [-0.4, -0.2) is 39.0 Å². The van der Waals surface area contributed by atoms with Crippen molar-refractivity contribution in [2.75, 3.05) is 13.1 Å². The molecule has 0 radical (unpaired) electrons. The average Bonchev–Trinajstić information content (AvgIpc) is 2.81. The molecule has 9 heteroatoms. The van der Waals surface area contributed by atoms with Crippen molar-refractivity contribution in [1.82, 2.24) is 14.9 Å². The Balaban J connectivity index is 1.36. The molecule has 1 aliphatic heterocycles. The largest absolute Gasteiger partial charge is 0.489 e. The number of benzene rings is 2. The van der Waals surface area contributed by atoms with Gasteiger partial charge in [-0.1, -0.05) is 12.1 Å². The Morgan fingerprint density at radius 2 is 1.82 bits per heavy atom. The van der Waals surface area contributed by atoms with Crippen molar-refractivity contribution in [3.63, 3.8) is 0 Å². The average molecular weight is 457 g/mol. The van der Waals surface area contributed by atoms with E-state index in [1.807, 2.05) is 12.1 Å². The SMILES string of the molecule is O=C(O)CCN1CCc2nc(-c3ccc(OCc4ccc(C(F)(F)F)cc4)cc3)ncc2C1. The van der Waals surface area contributed by atoms with Crippen LogP contribution in [-0.2, 0) is 30.5 Å². The molecule has 172 valence electrons. The maximum Gasteiger partial charge on any atom is 0.416 e. The van der Waals surface area contributed by atoms with Crippen LogP contribution in [0.2, 0.25) is 0 Å². The number of ether oxygens (including phenoxy) is 1. The topological polar surface area (TPSA) is 75.5 Å². The normalized spacial score (nSPS) is 14.0. The molecule has 0 aliphatic carbocycles. The lowest BCUT2D eigenvalue weighted by Crippen LogP contribution is -2.33. The maximum absolute atomic E-state index is 12.7. The molecule has 0 atom stereocenters. The summed E-state index contributed by atoms with van der Waals surface area (Å²) in [5.74, 6) is 0.381. The zero-order chi connectivity index (χ0) is 23.4. The van der Waals surface area contributed by atoms with E-state index in [0.717, 1.165) is 41.9 Å². The lowest BCUT2D eigenvalue weighted by atomic mass is 10.1.